The smallest absolute Gasteiger partial charge is 0.126 e. The van der Waals surface area contributed by atoms with E-state index in [1.807, 2.05) is 7.05 Å². The molecule has 0 amide bonds. The Labute approximate surface area is 108 Å². The zero-order valence-corrected chi connectivity index (χ0v) is 11.7. The Morgan fingerprint density at radius 2 is 2.06 bits per heavy atom. The summed E-state index contributed by atoms with van der Waals surface area (Å²) in [4.78, 5) is 0. The molecule has 1 aromatic rings. The van der Waals surface area contributed by atoms with Crippen molar-refractivity contribution in [2.75, 3.05) is 7.05 Å². The van der Waals surface area contributed by atoms with Crippen molar-refractivity contribution in [2.24, 2.45) is 5.41 Å². The van der Waals surface area contributed by atoms with E-state index in [1.54, 1.807) is 12.1 Å². The van der Waals surface area contributed by atoms with Crippen LogP contribution in [0.3, 0.4) is 0 Å². The third kappa shape index (κ3) is 3.68. The van der Waals surface area contributed by atoms with Gasteiger partial charge in [0, 0.05) is 11.1 Å². The summed E-state index contributed by atoms with van der Waals surface area (Å²) < 4.78 is 13.7. The highest BCUT2D eigenvalue weighted by Crippen LogP contribution is 2.28. The highest BCUT2D eigenvalue weighted by molar-refractivity contribution is 6.30. The standard InChI is InChI=1S/C14H21ClFN/c1-5-14(2,3)13(17-4)9-10-8-11(15)6-7-12(10)16/h6-8,13,17H,5,9H2,1-4H3. The largest absolute Gasteiger partial charge is 0.316 e. The molecule has 0 radical (unpaired) electrons. The van der Waals surface area contributed by atoms with E-state index < -0.39 is 0 Å². The minimum atomic E-state index is -0.179. The van der Waals surface area contributed by atoms with Crippen molar-refractivity contribution < 1.29 is 4.39 Å². The van der Waals surface area contributed by atoms with Gasteiger partial charge < -0.3 is 5.32 Å². The third-order valence-corrected chi connectivity index (χ3v) is 3.87. The highest BCUT2D eigenvalue weighted by atomic mass is 35.5. The number of nitrogens with one attached hydrogen (secondary N) is 1. The van der Waals surface area contributed by atoms with Crippen LogP contribution in [0.1, 0.15) is 32.8 Å². The molecule has 0 spiro atoms. The lowest BCUT2D eigenvalue weighted by molar-refractivity contribution is 0.239. The first kappa shape index (κ1) is 14.5. The number of benzene rings is 1. The van der Waals surface area contributed by atoms with Crippen LogP contribution in [0.25, 0.3) is 0 Å². The summed E-state index contributed by atoms with van der Waals surface area (Å²) >= 11 is 5.90. The molecule has 1 aromatic carbocycles. The molecule has 1 N–H and O–H groups in total. The summed E-state index contributed by atoms with van der Waals surface area (Å²) in [5.41, 5.74) is 0.808. The second kappa shape index (κ2) is 5.83. The Morgan fingerprint density at radius 3 is 2.59 bits per heavy atom. The van der Waals surface area contributed by atoms with E-state index in [0.717, 1.165) is 6.42 Å². The topological polar surface area (TPSA) is 12.0 Å². The second-order valence-electron chi connectivity index (χ2n) is 5.12. The molecule has 1 atom stereocenters. The number of hydrogen-bond donors (Lipinski definition) is 1. The van der Waals surface area contributed by atoms with Gasteiger partial charge >= 0.3 is 0 Å². The summed E-state index contributed by atoms with van der Waals surface area (Å²) in [6.07, 6.45) is 1.70. The zero-order chi connectivity index (χ0) is 13.1. The molecule has 0 aliphatic carbocycles. The van der Waals surface area contributed by atoms with Gasteiger partial charge in [-0.25, -0.2) is 4.39 Å². The lowest BCUT2D eigenvalue weighted by Crippen LogP contribution is -2.41. The Bertz CT molecular complexity index is 376. The van der Waals surface area contributed by atoms with E-state index in [4.69, 9.17) is 11.6 Å². The second-order valence-corrected chi connectivity index (χ2v) is 5.56. The molecular weight excluding hydrogens is 237 g/mol. The van der Waals surface area contributed by atoms with Gasteiger partial charge in [-0.15, -0.1) is 0 Å². The molecule has 0 aliphatic heterocycles. The predicted octanol–water partition coefficient (Wildman–Crippen LogP) is 4.05. The van der Waals surface area contributed by atoms with Crippen LogP contribution in [-0.4, -0.2) is 13.1 Å². The molecule has 0 bridgehead atoms. The monoisotopic (exact) mass is 257 g/mol. The van der Waals surface area contributed by atoms with E-state index in [2.05, 4.69) is 26.1 Å². The number of halogens is 2. The molecule has 1 unspecified atom stereocenters. The molecule has 96 valence electrons. The van der Waals surface area contributed by atoms with Crippen molar-refractivity contribution >= 4 is 11.6 Å². The average molecular weight is 258 g/mol. The molecule has 0 fully saturated rings. The van der Waals surface area contributed by atoms with E-state index in [9.17, 15) is 4.39 Å². The van der Waals surface area contributed by atoms with Gasteiger partial charge in [0.05, 0.1) is 0 Å². The SMILES string of the molecule is CCC(C)(C)C(Cc1cc(Cl)ccc1F)NC. The maximum Gasteiger partial charge on any atom is 0.126 e. The Balaban J connectivity index is 2.91. The number of hydrogen-bond acceptors (Lipinski definition) is 1. The van der Waals surface area contributed by atoms with Crippen LogP contribution in [0.15, 0.2) is 18.2 Å². The summed E-state index contributed by atoms with van der Waals surface area (Å²) in [5.74, 6) is -0.179. The van der Waals surface area contributed by atoms with Gasteiger partial charge in [0.2, 0.25) is 0 Å². The first-order valence-corrected chi connectivity index (χ1v) is 6.39. The Morgan fingerprint density at radius 1 is 1.41 bits per heavy atom. The maximum atomic E-state index is 13.7. The van der Waals surface area contributed by atoms with Crippen LogP contribution in [0.4, 0.5) is 4.39 Å². The van der Waals surface area contributed by atoms with Crippen molar-refractivity contribution in [3.63, 3.8) is 0 Å². The molecule has 0 aromatic heterocycles. The fraction of sp³-hybridized carbons (Fsp3) is 0.571. The lowest BCUT2D eigenvalue weighted by atomic mass is 9.79. The molecule has 0 saturated heterocycles. The van der Waals surface area contributed by atoms with E-state index >= 15 is 0 Å². The fourth-order valence-corrected chi connectivity index (χ4v) is 2.13. The highest BCUT2D eigenvalue weighted by Gasteiger charge is 2.27. The van der Waals surface area contributed by atoms with Gasteiger partial charge in [0.15, 0.2) is 0 Å². The van der Waals surface area contributed by atoms with Crippen molar-refractivity contribution in [1.29, 1.82) is 0 Å². The molecule has 1 nitrogen and oxygen atoms in total. The molecule has 0 heterocycles. The number of rotatable bonds is 5. The Hall–Kier alpha value is -0.600. The first-order chi connectivity index (χ1) is 7.90. The Kier molecular flexibility index (Phi) is 4.96. The van der Waals surface area contributed by atoms with Gasteiger partial charge in [0.25, 0.3) is 0 Å². The van der Waals surface area contributed by atoms with Crippen LogP contribution in [-0.2, 0) is 6.42 Å². The predicted molar refractivity (Wildman–Crippen MR) is 72.0 cm³/mol. The molecule has 3 heteroatoms. The van der Waals surface area contributed by atoms with Crippen LogP contribution in [0.2, 0.25) is 5.02 Å². The molecule has 0 saturated carbocycles. The minimum absolute atomic E-state index is 0.128. The summed E-state index contributed by atoms with van der Waals surface area (Å²) in [6.45, 7) is 6.53. The van der Waals surface area contributed by atoms with Gasteiger partial charge in [0.1, 0.15) is 5.82 Å². The molecule has 1 rings (SSSR count). The van der Waals surface area contributed by atoms with Crippen LogP contribution in [0.5, 0.6) is 0 Å². The van der Waals surface area contributed by atoms with Crippen LogP contribution < -0.4 is 5.32 Å². The fourth-order valence-electron chi connectivity index (χ4n) is 1.94. The minimum Gasteiger partial charge on any atom is -0.316 e. The lowest BCUT2D eigenvalue weighted by Gasteiger charge is -2.33. The maximum absolute atomic E-state index is 13.7. The van der Waals surface area contributed by atoms with Gasteiger partial charge in [-0.2, -0.15) is 0 Å². The van der Waals surface area contributed by atoms with Crippen LogP contribution >= 0.6 is 11.6 Å². The van der Waals surface area contributed by atoms with E-state index in [0.29, 0.717) is 17.0 Å². The summed E-state index contributed by atoms with van der Waals surface area (Å²) in [7, 11) is 1.92. The summed E-state index contributed by atoms with van der Waals surface area (Å²) in [6, 6.07) is 4.97. The van der Waals surface area contributed by atoms with Gasteiger partial charge in [-0.3, -0.25) is 0 Å². The zero-order valence-electron chi connectivity index (χ0n) is 11.0. The van der Waals surface area contributed by atoms with Crippen molar-refractivity contribution in [3.8, 4) is 0 Å². The van der Waals surface area contributed by atoms with E-state index in [1.165, 1.54) is 6.07 Å². The van der Waals surface area contributed by atoms with E-state index in [-0.39, 0.29) is 17.3 Å². The first-order valence-electron chi connectivity index (χ1n) is 6.02. The summed E-state index contributed by atoms with van der Waals surface area (Å²) in [5, 5.41) is 3.87. The van der Waals surface area contributed by atoms with Crippen LogP contribution in [0, 0.1) is 11.2 Å². The normalized spacial score (nSPS) is 13.8. The van der Waals surface area contributed by atoms with Crippen molar-refractivity contribution in [2.45, 2.75) is 39.7 Å². The third-order valence-electron chi connectivity index (χ3n) is 3.63. The molecular formula is C14H21ClFN. The molecule has 17 heavy (non-hydrogen) atoms. The van der Waals surface area contributed by atoms with Crippen molar-refractivity contribution in [3.05, 3.63) is 34.6 Å². The van der Waals surface area contributed by atoms with Crippen molar-refractivity contribution in [1.82, 2.24) is 5.32 Å². The molecule has 0 aliphatic rings. The van der Waals surface area contributed by atoms with Gasteiger partial charge in [-0.1, -0.05) is 32.4 Å². The van der Waals surface area contributed by atoms with Gasteiger partial charge in [-0.05, 0) is 49.1 Å². The number of likely N-dealkylation sites (N-methyl/N-ethyl adjacent to an activating group) is 1. The quantitative estimate of drug-likeness (QED) is 0.839. The average Bonchev–Trinajstić information content (AvgIpc) is 2.30.